The van der Waals surface area contributed by atoms with Crippen LogP contribution in [0.25, 0.3) is 11.0 Å². The van der Waals surface area contributed by atoms with Crippen LogP contribution in [-0.2, 0) is 4.74 Å². The molecule has 7 nitrogen and oxygen atoms in total. The molecule has 2 aromatic rings. The van der Waals surface area contributed by atoms with Gasteiger partial charge in [-0.15, -0.1) is 0 Å². The first-order valence-electron chi connectivity index (χ1n) is 8.96. The fourth-order valence-electron chi connectivity index (χ4n) is 3.48. The van der Waals surface area contributed by atoms with E-state index in [1.807, 2.05) is 0 Å². The Morgan fingerprint density at radius 3 is 2.75 bits per heavy atom. The summed E-state index contributed by atoms with van der Waals surface area (Å²) in [5.41, 5.74) is 2.05. The lowest BCUT2D eigenvalue weighted by atomic mass is 10.3. The second-order valence-corrected chi connectivity index (χ2v) is 6.66. The lowest BCUT2D eigenvalue weighted by molar-refractivity contribution is 0.0398. The van der Waals surface area contributed by atoms with Crippen LogP contribution in [-0.4, -0.2) is 72.3 Å². The summed E-state index contributed by atoms with van der Waals surface area (Å²) in [5.74, 6) is 1.79. The van der Waals surface area contributed by atoms with Crippen LogP contribution < -0.4 is 10.2 Å². The van der Waals surface area contributed by atoms with Crippen LogP contribution >= 0.6 is 0 Å². The molecule has 0 unspecified atom stereocenters. The number of ether oxygens (including phenoxy) is 1. The van der Waals surface area contributed by atoms with E-state index in [1.165, 1.54) is 12.8 Å². The quantitative estimate of drug-likeness (QED) is 0.868. The molecule has 2 saturated heterocycles. The minimum absolute atomic E-state index is 0.841. The van der Waals surface area contributed by atoms with Crippen LogP contribution in [0.4, 0.5) is 11.8 Å². The Bertz CT molecular complexity index is 688. The van der Waals surface area contributed by atoms with Crippen molar-refractivity contribution in [1.29, 1.82) is 0 Å². The molecule has 0 spiro atoms. The molecule has 0 amide bonds. The van der Waals surface area contributed by atoms with Crippen LogP contribution in [0, 0.1) is 6.92 Å². The molecule has 2 fully saturated rings. The van der Waals surface area contributed by atoms with Crippen molar-refractivity contribution >= 4 is 22.8 Å². The first-order chi connectivity index (χ1) is 11.8. The summed E-state index contributed by atoms with van der Waals surface area (Å²) in [6.07, 6.45) is 2.45. The number of hydrogen-bond donors (Lipinski definition) is 2. The van der Waals surface area contributed by atoms with Crippen LogP contribution in [0.1, 0.15) is 18.5 Å². The highest BCUT2D eigenvalue weighted by Gasteiger charge is 2.18. The van der Waals surface area contributed by atoms with Crippen molar-refractivity contribution in [1.82, 2.24) is 19.9 Å². The van der Waals surface area contributed by atoms with E-state index in [9.17, 15) is 0 Å². The maximum absolute atomic E-state index is 5.41. The Balaban J connectivity index is 1.51. The van der Waals surface area contributed by atoms with Gasteiger partial charge in [-0.3, -0.25) is 4.90 Å². The number of fused-ring (bicyclic) bond motifs is 1. The van der Waals surface area contributed by atoms with Gasteiger partial charge in [0.2, 0.25) is 5.95 Å². The maximum atomic E-state index is 5.41. The number of nitrogens with one attached hydrogen (secondary N) is 2. The number of H-pyrrole nitrogens is 1. The van der Waals surface area contributed by atoms with E-state index in [0.29, 0.717) is 0 Å². The smallest absolute Gasteiger partial charge is 0.229 e. The molecule has 2 N–H and O–H groups in total. The third-order valence-corrected chi connectivity index (χ3v) is 4.82. The number of rotatable bonds is 5. The summed E-state index contributed by atoms with van der Waals surface area (Å²) in [7, 11) is 0. The molecule has 24 heavy (non-hydrogen) atoms. The molecule has 0 radical (unpaired) electrons. The van der Waals surface area contributed by atoms with E-state index in [2.05, 4.69) is 33.1 Å². The Morgan fingerprint density at radius 1 is 1.17 bits per heavy atom. The number of nitrogens with zero attached hydrogens (tertiary/aromatic N) is 4. The topological polar surface area (TPSA) is 69.3 Å². The van der Waals surface area contributed by atoms with Gasteiger partial charge in [0, 0.05) is 45.0 Å². The van der Waals surface area contributed by atoms with Gasteiger partial charge in [-0.25, -0.2) is 0 Å². The van der Waals surface area contributed by atoms with Crippen molar-refractivity contribution < 1.29 is 4.74 Å². The van der Waals surface area contributed by atoms with E-state index in [0.717, 1.165) is 81.0 Å². The predicted molar refractivity (Wildman–Crippen MR) is 95.8 cm³/mol. The number of aromatic nitrogens is 3. The Kier molecular flexibility index (Phi) is 4.53. The minimum atomic E-state index is 0.841. The highest BCUT2D eigenvalue weighted by Crippen LogP contribution is 2.25. The Morgan fingerprint density at radius 2 is 1.96 bits per heavy atom. The van der Waals surface area contributed by atoms with Crippen molar-refractivity contribution in [3.8, 4) is 0 Å². The van der Waals surface area contributed by atoms with Gasteiger partial charge in [0.15, 0.2) is 0 Å². The molecule has 2 aromatic heterocycles. The minimum Gasteiger partial charge on any atom is -0.379 e. The van der Waals surface area contributed by atoms with Gasteiger partial charge in [0.25, 0.3) is 0 Å². The molecule has 4 heterocycles. The maximum Gasteiger partial charge on any atom is 0.229 e. The first kappa shape index (κ1) is 15.7. The summed E-state index contributed by atoms with van der Waals surface area (Å²) < 4.78 is 5.41. The molecule has 130 valence electrons. The zero-order valence-electron chi connectivity index (χ0n) is 14.3. The summed E-state index contributed by atoms with van der Waals surface area (Å²) in [4.78, 5) is 17.6. The molecule has 7 heteroatoms. The summed E-state index contributed by atoms with van der Waals surface area (Å²) in [5, 5.41) is 4.61. The molecule has 0 atom stereocenters. The number of aryl methyl sites for hydroxylation is 1. The van der Waals surface area contributed by atoms with Crippen molar-refractivity contribution in [2.75, 3.05) is 62.7 Å². The van der Waals surface area contributed by atoms with Gasteiger partial charge < -0.3 is 19.9 Å². The summed E-state index contributed by atoms with van der Waals surface area (Å²) >= 11 is 0. The highest BCUT2D eigenvalue weighted by molar-refractivity contribution is 5.89. The van der Waals surface area contributed by atoms with Crippen LogP contribution in [0.2, 0.25) is 0 Å². The van der Waals surface area contributed by atoms with Crippen molar-refractivity contribution in [2.45, 2.75) is 19.8 Å². The summed E-state index contributed by atoms with van der Waals surface area (Å²) in [6.45, 7) is 9.78. The molecule has 0 aromatic carbocycles. The molecule has 0 bridgehead atoms. The average molecular weight is 330 g/mol. The molecule has 0 aliphatic carbocycles. The van der Waals surface area contributed by atoms with E-state index >= 15 is 0 Å². The fraction of sp³-hybridized carbons (Fsp3) is 0.647. The second kappa shape index (κ2) is 6.94. The fourth-order valence-corrected chi connectivity index (χ4v) is 3.48. The van der Waals surface area contributed by atoms with Gasteiger partial charge in [0.1, 0.15) is 11.5 Å². The molecule has 0 saturated carbocycles. The zero-order chi connectivity index (χ0) is 16.4. The largest absolute Gasteiger partial charge is 0.379 e. The van der Waals surface area contributed by atoms with Crippen LogP contribution in [0.3, 0.4) is 0 Å². The van der Waals surface area contributed by atoms with Gasteiger partial charge in [0.05, 0.1) is 18.6 Å². The number of hydrogen-bond acceptors (Lipinski definition) is 6. The number of anilines is 2. The third-order valence-electron chi connectivity index (χ3n) is 4.82. The van der Waals surface area contributed by atoms with E-state index in [-0.39, 0.29) is 0 Å². The summed E-state index contributed by atoms with van der Waals surface area (Å²) in [6, 6.07) is 2.13. The lowest BCUT2D eigenvalue weighted by Gasteiger charge is -2.26. The SMILES string of the molecule is Cc1cc2c(NCCN3CCOCC3)nc(N3CCCC3)nc2[nH]1. The standard InChI is InChI=1S/C17H26N6O/c1-13-12-14-15(18-4-7-22-8-10-24-11-9-22)20-17(21-16(14)19-13)23-5-2-3-6-23/h12H,2-11H2,1H3,(H2,18,19,20,21). The predicted octanol–water partition coefficient (Wildman–Crippen LogP) is 1.61. The van der Waals surface area contributed by atoms with Crippen molar-refractivity contribution in [3.63, 3.8) is 0 Å². The first-order valence-corrected chi connectivity index (χ1v) is 8.96. The highest BCUT2D eigenvalue weighted by atomic mass is 16.5. The Hall–Kier alpha value is -1.86. The van der Waals surface area contributed by atoms with Gasteiger partial charge in [-0.1, -0.05) is 0 Å². The van der Waals surface area contributed by atoms with Crippen molar-refractivity contribution in [2.24, 2.45) is 0 Å². The normalized spacial score (nSPS) is 19.3. The van der Waals surface area contributed by atoms with Gasteiger partial charge in [-0.2, -0.15) is 9.97 Å². The monoisotopic (exact) mass is 330 g/mol. The number of aromatic amines is 1. The van der Waals surface area contributed by atoms with Crippen LogP contribution in [0.15, 0.2) is 6.07 Å². The third kappa shape index (κ3) is 3.32. The molecular formula is C17H26N6O. The molecule has 2 aliphatic heterocycles. The zero-order valence-corrected chi connectivity index (χ0v) is 14.3. The average Bonchev–Trinajstić information content (AvgIpc) is 3.24. The van der Waals surface area contributed by atoms with Crippen molar-refractivity contribution in [3.05, 3.63) is 11.8 Å². The van der Waals surface area contributed by atoms with E-state index < -0.39 is 0 Å². The molecule has 2 aliphatic rings. The van der Waals surface area contributed by atoms with Crippen LogP contribution in [0.5, 0.6) is 0 Å². The van der Waals surface area contributed by atoms with E-state index in [1.54, 1.807) is 0 Å². The molecular weight excluding hydrogens is 304 g/mol. The van der Waals surface area contributed by atoms with E-state index in [4.69, 9.17) is 14.7 Å². The molecule has 4 rings (SSSR count). The lowest BCUT2D eigenvalue weighted by Crippen LogP contribution is -2.39. The Labute approximate surface area is 142 Å². The number of morpholine rings is 1. The second-order valence-electron chi connectivity index (χ2n) is 6.66. The van der Waals surface area contributed by atoms with Gasteiger partial charge in [-0.05, 0) is 25.8 Å². The van der Waals surface area contributed by atoms with Gasteiger partial charge >= 0.3 is 0 Å².